The first-order valence-corrected chi connectivity index (χ1v) is 15.6. The number of hydrogen-bond donors (Lipinski definition) is 3. The highest BCUT2D eigenvalue weighted by molar-refractivity contribution is 6.31. The molecular formula is C32H38Cl2N4O5. The van der Waals surface area contributed by atoms with Crippen molar-refractivity contribution in [3.8, 4) is 0 Å². The Bertz CT molecular complexity index is 1460. The Morgan fingerprint density at radius 3 is 2.47 bits per heavy atom. The lowest BCUT2D eigenvalue weighted by molar-refractivity contribution is -0.160. The molecule has 1 aromatic carbocycles. The van der Waals surface area contributed by atoms with Crippen LogP contribution in [-0.4, -0.2) is 59.7 Å². The Hall–Kier alpha value is -2.72. The van der Waals surface area contributed by atoms with Gasteiger partial charge in [0.05, 0.1) is 25.3 Å². The number of carbonyl (C=O) groups excluding carboxylic acids is 3. The van der Waals surface area contributed by atoms with Gasteiger partial charge in [0.2, 0.25) is 11.8 Å². The number of ether oxygens (including phenoxy) is 2. The van der Waals surface area contributed by atoms with Crippen molar-refractivity contribution in [2.75, 3.05) is 19.0 Å². The smallest absolute Gasteiger partial charge is 0.334 e. The highest BCUT2D eigenvalue weighted by atomic mass is 35.5. The number of nitrogens with one attached hydrogen (secondary N) is 3. The Labute approximate surface area is 261 Å². The predicted octanol–water partition coefficient (Wildman–Crippen LogP) is 4.90. The second-order valence-corrected chi connectivity index (χ2v) is 14.4. The van der Waals surface area contributed by atoms with Crippen LogP contribution in [0.5, 0.6) is 0 Å². The van der Waals surface area contributed by atoms with E-state index >= 15 is 0 Å². The fourth-order valence-electron chi connectivity index (χ4n) is 7.98. The van der Waals surface area contributed by atoms with Crippen LogP contribution in [0, 0.1) is 5.41 Å². The third-order valence-corrected chi connectivity index (χ3v) is 10.7. The molecule has 230 valence electrons. The molecule has 1 saturated carbocycles. The molecule has 3 fully saturated rings. The van der Waals surface area contributed by atoms with E-state index in [-0.39, 0.29) is 29.0 Å². The zero-order valence-electron chi connectivity index (χ0n) is 24.9. The summed E-state index contributed by atoms with van der Waals surface area (Å²) in [5.74, 6) is -1.42. The summed E-state index contributed by atoms with van der Waals surface area (Å²) in [5.41, 5.74) is -0.200. The summed E-state index contributed by atoms with van der Waals surface area (Å²) < 4.78 is 10.7. The third-order valence-electron chi connectivity index (χ3n) is 10.3. The van der Waals surface area contributed by atoms with Crippen molar-refractivity contribution >= 4 is 46.7 Å². The van der Waals surface area contributed by atoms with Crippen molar-refractivity contribution in [3.05, 3.63) is 57.8 Å². The molecule has 2 saturated heterocycles. The van der Waals surface area contributed by atoms with Crippen LogP contribution in [0.25, 0.3) is 0 Å². The van der Waals surface area contributed by atoms with Crippen LogP contribution < -0.4 is 16.0 Å². The topological polar surface area (TPSA) is 119 Å². The van der Waals surface area contributed by atoms with Crippen LogP contribution in [-0.2, 0) is 29.3 Å². The predicted molar refractivity (Wildman–Crippen MR) is 163 cm³/mol. The molecule has 0 radical (unpaired) electrons. The number of aromatic nitrogens is 1. The molecule has 2 amide bonds. The number of benzene rings is 1. The Morgan fingerprint density at radius 1 is 1.07 bits per heavy atom. The lowest BCUT2D eigenvalue weighted by atomic mass is 9.53. The zero-order chi connectivity index (χ0) is 30.8. The summed E-state index contributed by atoms with van der Waals surface area (Å²) >= 11 is 12.8. The molecule has 2 unspecified atom stereocenters. The minimum atomic E-state index is -1.12. The lowest BCUT2D eigenvalue weighted by Crippen LogP contribution is -2.62. The molecule has 3 aliphatic heterocycles. The number of fused-ring (bicyclic) bond motifs is 3. The minimum Gasteiger partial charge on any atom is -0.467 e. The molecule has 43 heavy (non-hydrogen) atoms. The van der Waals surface area contributed by atoms with Crippen molar-refractivity contribution in [2.24, 2.45) is 5.41 Å². The molecule has 3 N–H and O–H groups in total. The zero-order valence-corrected chi connectivity index (χ0v) is 26.4. The van der Waals surface area contributed by atoms with Gasteiger partial charge in [-0.3, -0.25) is 14.9 Å². The van der Waals surface area contributed by atoms with Gasteiger partial charge in [-0.25, -0.2) is 9.78 Å². The fourth-order valence-corrected chi connectivity index (χ4v) is 8.33. The summed E-state index contributed by atoms with van der Waals surface area (Å²) in [6, 6.07) is 8.35. The van der Waals surface area contributed by atoms with Crippen molar-refractivity contribution in [1.29, 1.82) is 0 Å². The molecular weight excluding hydrogens is 591 g/mol. The Morgan fingerprint density at radius 2 is 1.81 bits per heavy atom. The van der Waals surface area contributed by atoms with Crippen LogP contribution >= 0.6 is 23.2 Å². The first-order valence-electron chi connectivity index (χ1n) is 14.9. The van der Waals surface area contributed by atoms with Gasteiger partial charge in [-0.15, -0.1) is 0 Å². The van der Waals surface area contributed by atoms with E-state index in [4.69, 9.17) is 32.7 Å². The van der Waals surface area contributed by atoms with Gasteiger partial charge in [0.25, 0.3) is 0 Å². The number of nitrogens with zero attached hydrogens (tertiary/aromatic N) is 1. The van der Waals surface area contributed by atoms with Crippen molar-refractivity contribution in [2.45, 2.75) is 93.9 Å². The second-order valence-electron chi connectivity index (χ2n) is 13.6. The highest BCUT2D eigenvalue weighted by Crippen LogP contribution is 2.63. The molecule has 11 heteroatoms. The molecule has 1 aliphatic carbocycles. The molecule has 4 heterocycles. The number of rotatable bonds is 4. The van der Waals surface area contributed by atoms with Crippen LogP contribution in [0.3, 0.4) is 0 Å². The van der Waals surface area contributed by atoms with Gasteiger partial charge in [-0.1, -0.05) is 43.1 Å². The highest BCUT2D eigenvalue weighted by Gasteiger charge is 2.72. The van der Waals surface area contributed by atoms with Gasteiger partial charge in [-0.05, 0) is 86.3 Å². The van der Waals surface area contributed by atoms with E-state index in [2.05, 4.69) is 34.8 Å². The van der Waals surface area contributed by atoms with Gasteiger partial charge in [0, 0.05) is 28.4 Å². The maximum Gasteiger partial charge on any atom is 0.334 e. The minimum absolute atomic E-state index is 0.102. The van der Waals surface area contributed by atoms with E-state index in [1.54, 1.807) is 18.3 Å². The molecule has 2 aromatic rings. The summed E-state index contributed by atoms with van der Waals surface area (Å²) in [6.07, 6.45) is 5.09. The van der Waals surface area contributed by atoms with Gasteiger partial charge in [-0.2, -0.15) is 0 Å². The maximum absolute atomic E-state index is 14.6. The van der Waals surface area contributed by atoms with Crippen LogP contribution in [0.4, 0.5) is 5.69 Å². The number of amides is 2. The van der Waals surface area contributed by atoms with E-state index in [1.807, 2.05) is 25.1 Å². The molecule has 2 spiro atoms. The largest absolute Gasteiger partial charge is 0.467 e. The molecule has 0 bridgehead atoms. The first-order chi connectivity index (χ1) is 20.3. The van der Waals surface area contributed by atoms with Crippen molar-refractivity contribution < 1.29 is 23.9 Å². The quantitative estimate of drug-likeness (QED) is 0.325. The van der Waals surface area contributed by atoms with Crippen LogP contribution in [0.15, 0.2) is 36.5 Å². The third kappa shape index (κ3) is 4.93. The maximum atomic E-state index is 14.6. The second kappa shape index (κ2) is 10.7. The summed E-state index contributed by atoms with van der Waals surface area (Å²) in [7, 11) is 1.34. The number of methoxy groups -OCH3 is 1. The lowest BCUT2D eigenvalue weighted by Gasteiger charge is -2.50. The van der Waals surface area contributed by atoms with Crippen LogP contribution in [0.2, 0.25) is 10.2 Å². The molecule has 5 atom stereocenters. The molecule has 9 nitrogen and oxygen atoms in total. The summed E-state index contributed by atoms with van der Waals surface area (Å²) in [6.45, 7) is 6.57. The normalized spacial score (nSPS) is 32.3. The number of pyridine rings is 1. The molecule has 6 rings (SSSR count). The number of carbonyl (C=O) groups is 3. The van der Waals surface area contributed by atoms with Crippen molar-refractivity contribution in [3.63, 3.8) is 0 Å². The number of esters is 1. The Balaban J connectivity index is 1.46. The first kappa shape index (κ1) is 30.3. The van der Waals surface area contributed by atoms with E-state index in [9.17, 15) is 14.4 Å². The number of halogens is 2. The van der Waals surface area contributed by atoms with Crippen LogP contribution in [0.1, 0.15) is 76.3 Å². The monoisotopic (exact) mass is 628 g/mol. The van der Waals surface area contributed by atoms with Gasteiger partial charge in [0.1, 0.15) is 10.6 Å². The average molecular weight is 630 g/mol. The van der Waals surface area contributed by atoms with E-state index in [0.717, 1.165) is 24.0 Å². The number of hydrogen-bond acceptors (Lipinski definition) is 7. The summed E-state index contributed by atoms with van der Waals surface area (Å²) in [5, 5.41) is 11.0. The summed E-state index contributed by atoms with van der Waals surface area (Å²) in [4.78, 5) is 45.3. The van der Waals surface area contributed by atoms with E-state index < -0.39 is 40.5 Å². The van der Waals surface area contributed by atoms with Gasteiger partial charge in [0.15, 0.2) is 6.10 Å². The van der Waals surface area contributed by atoms with Gasteiger partial charge < -0.3 is 20.1 Å². The van der Waals surface area contributed by atoms with E-state index in [1.165, 1.54) is 7.11 Å². The van der Waals surface area contributed by atoms with Gasteiger partial charge >= 0.3 is 5.97 Å². The average Bonchev–Trinajstić information content (AvgIpc) is 3.42. The fraction of sp³-hybridized carbons (Fsp3) is 0.562. The molecule has 1 aromatic heterocycles. The SMILES string of the molecule is COC(=O)[C@@H]1CCC(C)(NC(=O)[C@@H]2NC3(CCC(C)(C)CC3)[C@@]3(C(=O)Nc4cc(Cl)ccc43)C2c2ccnc(Cl)c2)CO1. The molecule has 4 aliphatic rings. The number of anilines is 1. The standard InChI is InChI=1S/C32H38Cl2N4O5/c1-29(2)10-12-31(13-11-29)32(20-6-5-19(33)16-21(20)36-28(32)41)24(18-8-14-35-23(34)15-18)25(37-31)26(39)38-30(3)9-7-22(43-17-30)27(40)42-4/h5-6,8,14-16,22,24-25,37H,7,9-13,17H2,1-4H3,(H,36,41)(H,38,39)/t22-,24?,25+,30?,32+/m0/s1. The Kier molecular flexibility index (Phi) is 7.56. The van der Waals surface area contributed by atoms with Crippen molar-refractivity contribution in [1.82, 2.24) is 15.6 Å². The van der Waals surface area contributed by atoms with E-state index in [0.29, 0.717) is 36.4 Å².